The first-order valence-electron chi connectivity index (χ1n) is 3.98. The molecule has 0 atom stereocenters. The van der Waals surface area contributed by atoms with Gasteiger partial charge in [-0.15, -0.1) is 0 Å². The number of aryl methyl sites for hydroxylation is 1. The van der Waals surface area contributed by atoms with Gasteiger partial charge in [0.25, 0.3) is 0 Å². The van der Waals surface area contributed by atoms with Crippen LogP contribution in [0.1, 0.15) is 16.2 Å². The molecule has 0 unspecified atom stereocenters. The lowest BCUT2D eigenvalue weighted by atomic mass is 10.2. The fourth-order valence-corrected chi connectivity index (χ4v) is 1.25. The molecule has 5 heteroatoms. The van der Waals surface area contributed by atoms with Crippen LogP contribution in [0.4, 0.5) is 5.69 Å². The van der Waals surface area contributed by atoms with Gasteiger partial charge in [-0.25, -0.2) is 9.78 Å². The summed E-state index contributed by atoms with van der Waals surface area (Å²) in [6.07, 6.45) is 0. The number of nitrogens with two attached hydrogens (primary N) is 1. The molecule has 0 saturated heterocycles. The van der Waals surface area contributed by atoms with E-state index in [2.05, 4.69) is 4.98 Å². The number of fused-ring (bicyclic) bond motifs is 1. The minimum atomic E-state index is -1.18. The Balaban J connectivity index is 2.79. The number of carbonyl (C=O) groups is 1. The second-order valence-corrected chi connectivity index (χ2v) is 2.96. The maximum Gasteiger partial charge on any atom is 0.374 e. The smallest absolute Gasteiger partial charge is 0.374 e. The standard InChI is InChI=1S/C9H8N2O3/c1-4-2-3-5-6(10)7(9(12)13)14-8(5)11-4/h2-3H,10H2,1H3,(H,12,13). The summed E-state index contributed by atoms with van der Waals surface area (Å²) in [4.78, 5) is 14.7. The third-order valence-corrected chi connectivity index (χ3v) is 1.93. The number of carboxylic acid groups (broad SMARTS) is 1. The molecule has 5 nitrogen and oxygen atoms in total. The van der Waals surface area contributed by atoms with E-state index in [4.69, 9.17) is 15.3 Å². The van der Waals surface area contributed by atoms with Crippen LogP contribution in [0.25, 0.3) is 11.1 Å². The first kappa shape index (κ1) is 8.55. The molecular weight excluding hydrogens is 184 g/mol. The van der Waals surface area contributed by atoms with Crippen LogP contribution in [0.3, 0.4) is 0 Å². The van der Waals surface area contributed by atoms with Crippen LogP contribution in [-0.4, -0.2) is 16.1 Å². The van der Waals surface area contributed by atoms with E-state index < -0.39 is 5.97 Å². The molecule has 0 radical (unpaired) electrons. The molecule has 72 valence electrons. The number of carboxylic acids is 1. The van der Waals surface area contributed by atoms with E-state index in [1.165, 1.54) is 0 Å². The van der Waals surface area contributed by atoms with Crippen LogP contribution in [0.2, 0.25) is 0 Å². The average molecular weight is 192 g/mol. The molecule has 3 N–H and O–H groups in total. The number of furan rings is 1. The van der Waals surface area contributed by atoms with Crippen molar-refractivity contribution in [2.75, 3.05) is 5.73 Å². The summed E-state index contributed by atoms with van der Waals surface area (Å²) < 4.78 is 5.01. The fraction of sp³-hybridized carbons (Fsp3) is 0.111. The van der Waals surface area contributed by atoms with E-state index in [0.717, 1.165) is 5.69 Å². The molecule has 0 bridgehead atoms. The van der Waals surface area contributed by atoms with Gasteiger partial charge in [0.15, 0.2) is 0 Å². The highest BCUT2D eigenvalue weighted by Crippen LogP contribution is 2.26. The Morgan fingerprint density at radius 1 is 1.57 bits per heavy atom. The van der Waals surface area contributed by atoms with Crippen molar-refractivity contribution in [2.45, 2.75) is 6.92 Å². The summed E-state index contributed by atoms with van der Waals surface area (Å²) in [5.41, 5.74) is 6.72. The number of nitrogen functional groups attached to an aromatic ring is 1. The molecule has 0 aromatic carbocycles. The van der Waals surface area contributed by atoms with Crippen molar-refractivity contribution in [1.82, 2.24) is 4.98 Å². The van der Waals surface area contributed by atoms with Gasteiger partial charge in [-0.3, -0.25) is 0 Å². The summed E-state index contributed by atoms with van der Waals surface area (Å²) in [5, 5.41) is 9.27. The number of hydrogen-bond donors (Lipinski definition) is 2. The maximum atomic E-state index is 10.7. The number of nitrogens with zero attached hydrogens (tertiary/aromatic N) is 1. The third-order valence-electron chi connectivity index (χ3n) is 1.93. The minimum absolute atomic E-state index is 0.125. The van der Waals surface area contributed by atoms with Crippen molar-refractivity contribution in [2.24, 2.45) is 0 Å². The van der Waals surface area contributed by atoms with Crippen molar-refractivity contribution >= 4 is 22.8 Å². The molecule has 0 spiro atoms. The zero-order valence-corrected chi connectivity index (χ0v) is 7.44. The Labute approximate surface area is 79.2 Å². The SMILES string of the molecule is Cc1ccc2c(N)c(C(=O)O)oc2n1. The monoisotopic (exact) mass is 192 g/mol. The predicted molar refractivity (Wildman–Crippen MR) is 50.1 cm³/mol. The Bertz CT molecular complexity index is 516. The van der Waals surface area contributed by atoms with Gasteiger partial charge in [0.05, 0.1) is 11.1 Å². The van der Waals surface area contributed by atoms with Crippen LogP contribution >= 0.6 is 0 Å². The van der Waals surface area contributed by atoms with Crippen LogP contribution in [0, 0.1) is 6.92 Å². The molecule has 2 aromatic rings. The van der Waals surface area contributed by atoms with Crippen LogP contribution in [0.15, 0.2) is 16.5 Å². The van der Waals surface area contributed by atoms with Gasteiger partial charge in [-0.2, -0.15) is 0 Å². The van der Waals surface area contributed by atoms with Gasteiger partial charge in [0, 0.05) is 5.69 Å². The molecular formula is C9H8N2O3. The van der Waals surface area contributed by atoms with Crippen molar-refractivity contribution < 1.29 is 14.3 Å². The Morgan fingerprint density at radius 2 is 2.29 bits per heavy atom. The van der Waals surface area contributed by atoms with Crippen molar-refractivity contribution in [1.29, 1.82) is 0 Å². The van der Waals surface area contributed by atoms with Gasteiger partial charge in [0.1, 0.15) is 0 Å². The van der Waals surface area contributed by atoms with Crippen molar-refractivity contribution in [3.8, 4) is 0 Å². The van der Waals surface area contributed by atoms with Gasteiger partial charge >= 0.3 is 5.97 Å². The molecule has 0 fully saturated rings. The normalized spacial score (nSPS) is 10.6. The summed E-state index contributed by atoms with van der Waals surface area (Å²) in [6.45, 7) is 1.79. The number of anilines is 1. The van der Waals surface area contributed by atoms with Gasteiger partial charge < -0.3 is 15.3 Å². The maximum absolute atomic E-state index is 10.7. The number of rotatable bonds is 1. The topological polar surface area (TPSA) is 89.4 Å². The summed E-state index contributed by atoms with van der Waals surface area (Å²) >= 11 is 0. The highest BCUT2D eigenvalue weighted by atomic mass is 16.4. The Hall–Kier alpha value is -2.04. The number of aromatic carboxylic acids is 1. The molecule has 0 aliphatic carbocycles. The van der Waals surface area contributed by atoms with Crippen molar-refractivity contribution in [3.05, 3.63) is 23.6 Å². The highest BCUT2D eigenvalue weighted by Gasteiger charge is 2.17. The average Bonchev–Trinajstić information content (AvgIpc) is 2.43. The third kappa shape index (κ3) is 1.10. The van der Waals surface area contributed by atoms with E-state index in [1.54, 1.807) is 19.1 Å². The highest BCUT2D eigenvalue weighted by molar-refractivity contribution is 6.01. The van der Waals surface area contributed by atoms with E-state index in [9.17, 15) is 4.79 Å². The number of aromatic nitrogens is 1. The second-order valence-electron chi connectivity index (χ2n) is 2.96. The zero-order chi connectivity index (χ0) is 10.3. The Morgan fingerprint density at radius 3 is 2.93 bits per heavy atom. The summed E-state index contributed by atoms with van der Waals surface area (Å²) in [5.74, 6) is -1.43. The minimum Gasteiger partial charge on any atom is -0.475 e. The lowest BCUT2D eigenvalue weighted by molar-refractivity contribution is 0.0666. The fourth-order valence-electron chi connectivity index (χ4n) is 1.25. The van der Waals surface area contributed by atoms with Gasteiger partial charge in [-0.1, -0.05) is 0 Å². The van der Waals surface area contributed by atoms with E-state index in [0.29, 0.717) is 5.39 Å². The Kier molecular flexibility index (Phi) is 1.67. The van der Waals surface area contributed by atoms with E-state index in [1.807, 2.05) is 0 Å². The first-order chi connectivity index (χ1) is 6.59. The molecule has 0 saturated carbocycles. The van der Waals surface area contributed by atoms with Crippen LogP contribution < -0.4 is 5.73 Å². The predicted octanol–water partition coefficient (Wildman–Crippen LogP) is 1.42. The van der Waals surface area contributed by atoms with Crippen LogP contribution in [0.5, 0.6) is 0 Å². The van der Waals surface area contributed by atoms with E-state index >= 15 is 0 Å². The number of pyridine rings is 1. The van der Waals surface area contributed by atoms with E-state index in [-0.39, 0.29) is 17.2 Å². The second kappa shape index (κ2) is 2.73. The molecule has 0 aliphatic rings. The number of hydrogen-bond acceptors (Lipinski definition) is 4. The summed E-state index contributed by atoms with van der Waals surface area (Å²) in [6, 6.07) is 3.45. The van der Waals surface area contributed by atoms with Gasteiger partial charge in [-0.05, 0) is 19.1 Å². The lowest BCUT2D eigenvalue weighted by Gasteiger charge is -1.90. The quantitative estimate of drug-likeness (QED) is 0.713. The van der Waals surface area contributed by atoms with Crippen molar-refractivity contribution in [3.63, 3.8) is 0 Å². The molecule has 0 amide bonds. The molecule has 2 aromatic heterocycles. The summed E-state index contributed by atoms with van der Waals surface area (Å²) in [7, 11) is 0. The molecule has 2 rings (SSSR count). The first-order valence-corrected chi connectivity index (χ1v) is 3.98. The zero-order valence-electron chi connectivity index (χ0n) is 7.44. The molecule has 14 heavy (non-hydrogen) atoms. The van der Waals surface area contributed by atoms with Gasteiger partial charge in [0.2, 0.25) is 11.5 Å². The molecule has 0 aliphatic heterocycles. The largest absolute Gasteiger partial charge is 0.475 e. The lowest BCUT2D eigenvalue weighted by Crippen LogP contribution is -1.98. The molecule has 2 heterocycles. The van der Waals surface area contributed by atoms with Crippen LogP contribution in [-0.2, 0) is 0 Å².